The molecular weight excluding hydrogens is 296 g/mol. The van der Waals surface area contributed by atoms with E-state index in [1.54, 1.807) is 48.8 Å². The summed E-state index contributed by atoms with van der Waals surface area (Å²) in [5, 5.41) is 2.77. The second-order valence-corrected chi connectivity index (χ2v) is 4.85. The summed E-state index contributed by atoms with van der Waals surface area (Å²) in [6, 6.07) is 9.73. The van der Waals surface area contributed by atoms with Gasteiger partial charge in [0, 0.05) is 36.1 Å². The number of benzene rings is 1. The van der Waals surface area contributed by atoms with Crippen LogP contribution in [-0.4, -0.2) is 23.9 Å². The van der Waals surface area contributed by atoms with Crippen LogP contribution in [0.15, 0.2) is 48.8 Å². The second-order valence-electron chi connectivity index (χ2n) is 4.85. The van der Waals surface area contributed by atoms with E-state index in [0.717, 1.165) is 5.56 Å². The van der Waals surface area contributed by atoms with Crippen molar-refractivity contribution in [1.29, 1.82) is 0 Å². The van der Waals surface area contributed by atoms with E-state index in [4.69, 9.17) is 5.73 Å². The quantitative estimate of drug-likeness (QED) is 0.699. The lowest BCUT2D eigenvalue weighted by Crippen LogP contribution is -2.26. The van der Waals surface area contributed by atoms with E-state index < -0.39 is 6.04 Å². The topological polar surface area (TPSA) is 106 Å². The Morgan fingerprint density at radius 1 is 1.17 bits per heavy atom. The lowest BCUT2D eigenvalue weighted by Gasteiger charge is -2.12. The van der Waals surface area contributed by atoms with Gasteiger partial charge in [-0.05, 0) is 29.8 Å². The fraction of sp³-hybridized carbons (Fsp3) is 0.188. The molecule has 0 aliphatic heterocycles. The molecule has 7 heteroatoms. The van der Waals surface area contributed by atoms with Crippen molar-refractivity contribution in [3.63, 3.8) is 0 Å². The standard InChI is InChI=1S/C16H18N4O3/c1-23-20-15(21)10-14(17)11-2-4-12(5-3-11)16(22)19-13-6-8-18-9-7-13/h2-9,14H,10,17H2,1H3,(H,20,21)(H,18,19,22). The van der Waals surface area contributed by atoms with Gasteiger partial charge in [0.05, 0.1) is 7.11 Å². The Kier molecular flexibility index (Phi) is 5.79. The largest absolute Gasteiger partial charge is 0.324 e. The highest BCUT2D eigenvalue weighted by atomic mass is 16.6. The molecule has 0 aliphatic carbocycles. The van der Waals surface area contributed by atoms with Crippen LogP contribution in [0.3, 0.4) is 0 Å². The molecule has 0 fully saturated rings. The number of anilines is 1. The molecule has 0 spiro atoms. The Morgan fingerprint density at radius 3 is 2.43 bits per heavy atom. The van der Waals surface area contributed by atoms with Gasteiger partial charge in [-0.15, -0.1) is 0 Å². The molecule has 120 valence electrons. The number of pyridine rings is 1. The van der Waals surface area contributed by atoms with E-state index in [9.17, 15) is 9.59 Å². The number of amides is 2. The number of carbonyl (C=O) groups excluding carboxylic acids is 2. The fourth-order valence-electron chi connectivity index (χ4n) is 1.99. The van der Waals surface area contributed by atoms with E-state index in [-0.39, 0.29) is 18.2 Å². The van der Waals surface area contributed by atoms with Gasteiger partial charge in [0.15, 0.2) is 0 Å². The summed E-state index contributed by atoms with van der Waals surface area (Å²) in [6.07, 6.45) is 3.29. The van der Waals surface area contributed by atoms with Gasteiger partial charge in [0.25, 0.3) is 5.91 Å². The van der Waals surface area contributed by atoms with Crippen LogP contribution in [0.25, 0.3) is 0 Å². The van der Waals surface area contributed by atoms with Crippen LogP contribution < -0.4 is 16.5 Å². The highest BCUT2D eigenvalue weighted by molar-refractivity contribution is 6.04. The number of carbonyl (C=O) groups is 2. The molecule has 0 bridgehead atoms. The minimum Gasteiger partial charge on any atom is -0.324 e. The molecule has 2 rings (SSSR count). The van der Waals surface area contributed by atoms with Gasteiger partial charge in [0.1, 0.15) is 0 Å². The average Bonchev–Trinajstić information content (AvgIpc) is 2.56. The molecule has 23 heavy (non-hydrogen) atoms. The number of hydrogen-bond acceptors (Lipinski definition) is 5. The van der Waals surface area contributed by atoms with Crippen LogP contribution in [-0.2, 0) is 9.63 Å². The molecule has 2 aromatic rings. The number of nitrogens with zero attached hydrogens (tertiary/aromatic N) is 1. The fourth-order valence-corrected chi connectivity index (χ4v) is 1.99. The molecule has 0 radical (unpaired) electrons. The van der Waals surface area contributed by atoms with Crippen molar-refractivity contribution in [3.05, 3.63) is 59.9 Å². The molecule has 4 N–H and O–H groups in total. The van der Waals surface area contributed by atoms with Crippen molar-refractivity contribution in [2.24, 2.45) is 5.73 Å². The molecule has 1 atom stereocenters. The van der Waals surface area contributed by atoms with Crippen LogP contribution in [0, 0.1) is 0 Å². The van der Waals surface area contributed by atoms with Gasteiger partial charge in [-0.1, -0.05) is 12.1 Å². The third-order valence-electron chi connectivity index (χ3n) is 3.16. The second kappa shape index (κ2) is 8.02. The van der Waals surface area contributed by atoms with Gasteiger partial charge in [-0.3, -0.25) is 19.4 Å². The average molecular weight is 314 g/mol. The lowest BCUT2D eigenvalue weighted by molar-refractivity contribution is -0.131. The Labute approximate surface area is 133 Å². The van der Waals surface area contributed by atoms with Crippen molar-refractivity contribution in [2.45, 2.75) is 12.5 Å². The third kappa shape index (κ3) is 4.87. The maximum absolute atomic E-state index is 12.1. The number of rotatable bonds is 6. The van der Waals surface area contributed by atoms with E-state index in [1.165, 1.54) is 7.11 Å². The van der Waals surface area contributed by atoms with Gasteiger partial charge in [-0.2, -0.15) is 0 Å². The highest BCUT2D eigenvalue weighted by Crippen LogP contribution is 2.16. The smallest absolute Gasteiger partial charge is 0.255 e. The predicted octanol–water partition coefficient (Wildman–Crippen LogP) is 1.40. The number of nitrogens with two attached hydrogens (primary N) is 1. The summed E-state index contributed by atoms with van der Waals surface area (Å²) in [4.78, 5) is 32.0. The van der Waals surface area contributed by atoms with Crippen LogP contribution >= 0.6 is 0 Å². The Morgan fingerprint density at radius 2 is 1.83 bits per heavy atom. The van der Waals surface area contributed by atoms with Gasteiger partial charge >= 0.3 is 0 Å². The molecule has 0 saturated carbocycles. The summed E-state index contributed by atoms with van der Waals surface area (Å²) in [7, 11) is 1.36. The van der Waals surface area contributed by atoms with Gasteiger partial charge in [-0.25, -0.2) is 5.48 Å². The molecule has 0 saturated heterocycles. The summed E-state index contributed by atoms with van der Waals surface area (Å²) in [5.74, 6) is -0.534. The van der Waals surface area contributed by atoms with Crippen molar-refractivity contribution in [2.75, 3.05) is 12.4 Å². The van der Waals surface area contributed by atoms with E-state index in [1.807, 2.05) is 0 Å². The number of nitrogens with one attached hydrogen (secondary N) is 2. The van der Waals surface area contributed by atoms with Crippen LogP contribution in [0.4, 0.5) is 5.69 Å². The number of hydroxylamine groups is 1. The van der Waals surface area contributed by atoms with Crippen molar-refractivity contribution >= 4 is 17.5 Å². The monoisotopic (exact) mass is 314 g/mol. The SMILES string of the molecule is CONC(=O)CC(N)c1ccc(C(=O)Nc2ccncc2)cc1. The summed E-state index contributed by atoms with van der Waals surface area (Å²) in [5.41, 5.74) is 10.1. The van der Waals surface area contributed by atoms with Crippen LogP contribution in [0.1, 0.15) is 28.4 Å². The van der Waals surface area contributed by atoms with Crippen molar-refractivity contribution in [1.82, 2.24) is 10.5 Å². The first-order valence-corrected chi connectivity index (χ1v) is 6.99. The minimum absolute atomic E-state index is 0.0936. The normalized spacial score (nSPS) is 11.6. The molecule has 1 aromatic heterocycles. The Balaban J connectivity index is 1.98. The van der Waals surface area contributed by atoms with Crippen molar-refractivity contribution < 1.29 is 14.4 Å². The molecule has 0 aliphatic rings. The first-order valence-electron chi connectivity index (χ1n) is 6.99. The summed E-state index contributed by atoms with van der Waals surface area (Å²) < 4.78 is 0. The maximum atomic E-state index is 12.1. The molecule has 7 nitrogen and oxygen atoms in total. The Hall–Kier alpha value is -2.77. The van der Waals surface area contributed by atoms with E-state index in [0.29, 0.717) is 11.3 Å². The number of hydrogen-bond donors (Lipinski definition) is 3. The molecule has 1 heterocycles. The first-order chi connectivity index (χ1) is 11.1. The van der Waals surface area contributed by atoms with E-state index in [2.05, 4.69) is 20.6 Å². The molecular formula is C16H18N4O3. The molecule has 2 amide bonds. The first kappa shape index (κ1) is 16.6. The molecule has 1 unspecified atom stereocenters. The molecule has 1 aromatic carbocycles. The third-order valence-corrected chi connectivity index (χ3v) is 3.16. The maximum Gasteiger partial charge on any atom is 0.255 e. The zero-order valence-corrected chi connectivity index (χ0v) is 12.7. The van der Waals surface area contributed by atoms with E-state index >= 15 is 0 Å². The van der Waals surface area contributed by atoms with Crippen molar-refractivity contribution in [3.8, 4) is 0 Å². The van der Waals surface area contributed by atoms with Crippen LogP contribution in [0.5, 0.6) is 0 Å². The highest BCUT2D eigenvalue weighted by Gasteiger charge is 2.13. The zero-order chi connectivity index (χ0) is 16.7. The van der Waals surface area contributed by atoms with Gasteiger partial charge < -0.3 is 11.1 Å². The lowest BCUT2D eigenvalue weighted by atomic mass is 10.0. The summed E-state index contributed by atoms with van der Waals surface area (Å²) >= 11 is 0. The summed E-state index contributed by atoms with van der Waals surface area (Å²) in [6.45, 7) is 0. The van der Waals surface area contributed by atoms with Gasteiger partial charge in [0.2, 0.25) is 5.91 Å². The predicted molar refractivity (Wildman–Crippen MR) is 85.3 cm³/mol. The minimum atomic E-state index is -0.470. The zero-order valence-electron chi connectivity index (χ0n) is 12.7. The Bertz CT molecular complexity index is 659. The van der Waals surface area contributed by atoms with Crippen LogP contribution in [0.2, 0.25) is 0 Å². The number of aromatic nitrogens is 1.